The van der Waals surface area contributed by atoms with Gasteiger partial charge in [-0.3, -0.25) is 0 Å². The van der Waals surface area contributed by atoms with E-state index >= 15 is 0 Å². The quantitative estimate of drug-likeness (QED) is 0.376. The minimum atomic E-state index is 0.258. The van der Waals surface area contributed by atoms with Gasteiger partial charge in [-0.05, 0) is 17.5 Å². The third kappa shape index (κ3) is 2.21. The molecule has 0 aliphatic rings. The van der Waals surface area contributed by atoms with Crippen molar-refractivity contribution in [1.82, 2.24) is 0 Å². The van der Waals surface area contributed by atoms with Crippen LogP contribution in [0.5, 0.6) is 5.75 Å². The van der Waals surface area contributed by atoms with Gasteiger partial charge in [0.15, 0.2) is 0 Å². The Morgan fingerprint density at radius 2 is 2.00 bits per heavy atom. The number of fused-ring (bicyclic) bond motifs is 1. The molecule has 84 valence electrons. The highest BCUT2D eigenvalue weighted by Gasteiger charge is 2.04. The first-order valence-electron chi connectivity index (χ1n) is 5.18. The summed E-state index contributed by atoms with van der Waals surface area (Å²) in [5, 5.41) is 5.59. The van der Waals surface area contributed by atoms with Crippen LogP contribution in [0, 0.1) is 12.3 Å². The molecule has 0 heterocycles. The molecule has 2 rings (SSSR count). The highest BCUT2D eigenvalue weighted by Crippen LogP contribution is 2.27. The van der Waals surface area contributed by atoms with Crippen molar-refractivity contribution in [3.63, 3.8) is 0 Å². The molecule has 0 saturated heterocycles. The highest BCUT2D eigenvalue weighted by atomic mass is 16.5. The molecule has 2 aromatic carbocycles. The summed E-state index contributed by atoms with van der Waals surface area (Å²) >= 11 is 0. The van der Waals surface area contributed by atoms with Crippen LogP contribution in [-0.2, 0) is 0 Å². The number of hydrazone groups is 1. The number of hydrogen-bond acceptors (Lipinski definition) is 3. The van der Waals surface area contributed by atoms with Crippen LogP contribution in [0.25, 0.3) is 10.8 Å². The third-order valence-electron chi connectivity index (χ3n) is 2.44. The Morgan fingerprint density at radius 1 is 1.24 bits per heavy atom. The van der Waals surface area contributed by atoms with Crippen molar-refractivity contribution in [2.75, 3.05) is 6.61 Å². The Hall–Kier alpha value is -2.47. The number of terminal acetylenes is 1. The monoisotopic (exact) mass is 224 g/mol. The fraction of sp³-hybridized carbons (Fsp3) is 0.0714. The van der Waals surface area contributed by atoms with Gasteiger partial charge in [0.2, 0.25) is 0 Å². The molecule has 0 saturated carbocycles. The first kappa shape index (κ1) is 11.0. The van der Waals surface area contributed by atoms with Crippen molar-refractivity contribution in [1.29, 1.82) is 0 Å². The van der Waals surface area contributed by atoms with Crippen LogP contribution in [0.15, 0.2) is 41.5 Å². The normalized spacial score (nSPS) is 10.5. The van der Waals surface area contributed by atoms with Gasteiger partial charge in [-0.1, -0.05) is 30.2 Å². The molecule has 0 atom stereocenters. The fourth-order valence-corrected chi connectivity index (χ4v) is 1.73. The van der Waals surface area contributed by atoms with E-state index < -0.39 is 0 Å². The standard InChI is InChI=1S/C14H12N2O/c1-2-9-17-14-8-7-11(10-16-15)12-5-3-4-6-13(12)14/h1,3-8,10H,9,15H2. The molecule has 3 nitrogen and oxygen atoms in total. The summed E-state index contributed by atoms with van der Waals surface area (Å²) in [6, 6.07) is 11.7. The average molecular weight is 224 g/mol. The summed E-state index contributed by atoms with van der Waals surface area (Å²) in [6.45, 7) is 0.258. The van der Waals surface area contributed by atoms with Crippen LogP contribution in [0.3, 0.4) is 0 Å². The lowest BCUT2D eigenvalue weighted by Crippen LogP contribution is -1.96. The number of ether oxygens (including phenoxy) is 1. The molecule has 2 aromatic rings. The zero-order valence-electron chi connectivity index (χ0n) is 9.26. The third-order valence-corrected chi connectivity index (χ3v) is 2.44. The lowest BCUT2D eigenvalue weighted by atomic mass is 10.0. The van der Waals surface area contributed by atoms with Gasteiger partial charge in [0, 0.05) is 10.9 Å². The molecule has 0 unspecified atom stereocenters. The summed E-state index contributed by atoms with van der Waals surface area (Å²) in [7, 11) is 0. The molecule has 17 heavy (non-hydrogen) atoms. The Balaban J connectivity index is 2.58. The lowest BCUT2D eigenvalue weighted by molar-refractivity contribution is 0.375. The molecule has 2 N–H and O–H groups in total. The van der Waals surface area contributed by atoms with Crippen LogP contribution in [0.1, 0.15) is 5.56 Å². The molecule has 0 aliphatic heterocycles. The van der Waals surface area contributed by atoms with Crippen LogP contribution < -0.4 is 10.6 Å². The van der Waals surface area contributed by atoms with Gasteiger partial charge in [0.05, 0.1) is 6.21 Å². The maximum atomic E-state index is 5.49. The van der Waals surface area contributed by atoms with Crippen LogP contribution in [0.2, 0.25) is 0 Å². The maximum Gasteiger partial charge on any atom is 0.148 e. The molecule has 0 aromatic heterocycles. The Morgan fingerprint density at radius 3 is 2.71 bits per heavy atom. The molecule has 0 fully saturated rings. The first-order valence-corrected chi connectivity index (χ1v) is 5.18. The zero-order valence-corrected chi connectivity index (χ0v) is 9.26. The van der Waals surface area contributed by atoms with Gasteiger partial charge < -0.3 is 10.6 Å². The predicted molar refractivity (Wildman–Crippen MR) is 70.1 cm³/mol. The van der Waals surface area contributed by atoms with Crippen molar-refractivity contribution in [2.24, 2.45) is 10.9 Å². The van der Waals surface area contributed by atoms with E-state index in [0.717, 1.165) is 22.1 Å². The van der Waals surface area contributed by atoms with E-state index in [2.05, 4.69) is 11.0 Å². The van der Waals surface area contributed by atoms with Gasteiger partial charge in [-0.2, -0.15) is 5.10 Å². The van der Waals surface area contributed by atoms with Crippen LogP contribution in [0.4, 0.5) is 0 Å². The Labute approximate surface area is 99.9 Å². The number of benzene rings is 2. The van der Waals surface area contributed by atoms with E-state index in [1.165, 1.54) is 0 Å². The molecular weight excluding hydrogens is 212 g/mol. The maximum absolute atomic E-state index is 5.49. The summed E-state index contributed by atoms with van der Waals surface area (Å²) in [6.07, 6.45) is 6.80. The first-order chi connectivity index (χ1) is 8.36. The SMILES string of the molecule is C#CCOc1ccc(C=NN)c2ccccc12. The Kier molecular flexibility index (Phi) is 3.27. The van der Waals surface area contributed by atoms with Crippen molar-refractivity contribution in [3.05, 3.63) is 42.0 Å². The number of nitrogens with two attached hydrogens (primary N) is 1. The van der Waals surface area contributed by atoms with Crippen LogP contribution >= 0.6 is 0 Å². The van der Waals surface area contributed by atoms with Crippen molar-refractivity contribution in [3.8, 4) is 18.1 Å². The fourth-order valence-electron chi connectivity index (χ4n) is 1.73. The summed E-state index contributed by atoms with van der Waals surface area (Å²) in [5.41, 5.74) is 0.955. The van der Waals surface area contributed by atoms with Crippen molar-refractivity contribution in [2.45, 2.75) is 0 Å². The van der Waals surface area contributed by atoms with E-state index in [4.69, 9.17) is 17.0 Å². The second-order valence-corrected chi connectivity index (χ2v) is 3.47. The van der Waals surface area contributed by atoms with Gasteiger partial charge in [0.25, 0.3) is 0 Å². The Bertz CT molecular complexity index is 597. The minimum absolute atomic E-state index is 0.258. The molecule has 0 aliphatic carbocycles. The van der Waals surface area contributed by atoms with Gasteiger partial charge in [-0.25, -0.2) is 0 Å². The van der Waals surface area contributed by atoms with Crippen LogP contribution in [-0.4, -0.2) is 12.8 Å². The number of rotatable bonds is 3. The lowest BCUT2D eigenvalue weighted by Gasteiger charge is -2.08. The second-order valence-electron chi connectivity index (χ2n) is 3.47. The predicted octanol–water partition coefficient (Wildman–Crippen LogP) is 2.14. The van der Waals surface area contributed by atoms with E-state index in [1.807, 2.05) is 36.4 Å². The summed E-state index contributed by atoms with van der Waals surface area (Å²) in [5.74, 6) is 8.40. The summed E-state index contributed by atoms with van der Waals surface area (Å²) < 4.78 is 5.49. The summed E-state index contributed by atoms with van der Waals surface area (Å²) in [4.78, 5) is 0. The smallest absolute Gasteiger partial charge is 0.148 e. The van der Waals surface area contributed by atoms with E-state index in [1.54, 1.807) is 6.21 Å². The van der Waals surface area contributed by atoms with Gasteiger partial charge in [-0.15, -0.1) is 6.42 Å². The van der Waals surface area contributed by atoms with Gasteiger partial charge in [0.1, 0.15) is 12.4 Å². The molecule has 3 heteroatoms. The van der Waals surface area contributed by atoms with Crippen molar-refractivity contribution >= 4 is 17.0 Å². The largest absolute Gasteiger partial charge is 0.480 e. The number of hydrogen-bond donors (Lipinski definition) is 1. The van der Waals surface area contributed by atoms with Gasteiger partial charge >= 0.3 is 0 Å². The average Bonchev–Trinajstić information content (AvgIpc) is 2.38. The topological polar surface area (TPSA) is 47.6 Å². The minimum Gasteiger partial charge on any atom is -0.480 e. The molecular formula is C14H12N2O. The zero-order chi connectivity index (χ0) is 12.1. The van der Waals surface area contributed by atoms with E-state index in [0.29, 0.717) is 0 Å². The number of nitrogens with zero attached hydrogens (tertiary/aromatic N) is 1. The molecule has 0 amide bonds. The molecule has 0 spiro atoms. The molecule has 0 radical (unpaired) electrons. The van der Waals surface area contributed by atoms with E-state index in [9.17, 15) is 0 Å². The van der Waals surface area contributed by atoms with Crippen molar-refractivity contribution < 1.29 is 4.74 Å². The van der Waals surface area contributed by atoms with E-state index in [-0.39, 0.29) is 6.61 Å². The molecule has 0 bridgehead atoms. The second kappa shape index (κ2) is 5.04. The highest BCUT2D eigenvalue weighted by molar-refractivity contribution is 6.02.